The van der Waals surface area contributed by atoms with Gasteiger partial charge in [-0.3, -0.25) is 0 Å². The summed E-state index contributed by atoms with van der Waals surface area (Å²) >= 11 is 0. The predicted molar refractivity (Wildman–Crippen MR) is 80.7 cm³/mol. The smallest absolute Gasteiger partial charge is 0.243 e. The van der Waals surface area contributed by atoms with Gasteiger partial charge in [-0.25, -0.2) is 8.42 Å². The molecular formula is C15H23NO4S. The van der Waals surface area contributed by atoms with Crippen LogP contribution < -0.4 is 4.74 Å². The highest BCUT2D eigenvalue weighted by Crippen LogP contribution is 2.29. The van der Waals surface area contributed by atoms with Crippen LogP contribution >= 0.6 is 0 Å². The third kappa shape index (κ3) is 3.39. The number of aliphatic hydroxyl groups is 1. The Morgan fingerprint density at radius 3 is 2.81 bits per heavy atom. The molecule has 1 unspecified atom stereocenters. The summed E-state index contributed by atoms with van der Waals surface area (Å²) in [6.07, 6.45) is 3.07. The first-order chi connectivity index (χ1) is 10.0. The lowest BCUT2D eigenvalue weighted by atomic mass is 10.0. The highest BCUT2D eigenvalue weighted by molar-refractivity contribution is 7.89. The molecule has 1 aliphatic heterocycles. The van der Waals surface area contributed by atoms with Crippen molar-refractivity contribution in [1.82, 2.24) is 4.31 Å². The number of methoxy groups -OCH3 is 1. The van der Waals surface area contributed by atoms with Crippen molar-refractivity contribution in [1.29, 1.82) is 0 Å². The van der Waals surface area contributed by atoms with Crippen LogP contribution in [0.1, 0.15) is 31.7 Å². The molecule has 1 N–H and O–H groups in total. The molecule has 1 atom stereocenters. The summed E-state index contributed by atoms with van der Waals surface area (Å²) in [6.45, 7) is 3.04. The SMILES string of the molecule is CCCC1CCN(S(=O)(=O)c2ccc(OC)c(CO)c2)C1. The van der Waals surface area contributed by atoms with E-state index in [4.69, 9.17) is 4.74 Å². The van der Waals surface area contributed by atoms with Crippen LogP contribution in [0.5, 0.6) is 5.75 Å². The van der Waals surface area contributed by atoms with E-state index >= 15 is 0 Å². The van der Waals surface area contributed by atoms with E-state index in [0.29, 0.717) is 30.3 Å². The molecule has 118 valence electrons. The summed E-state index contributed by atoms with van der Waals surface area (Å²) < 4.78 is 32.0. The van der Waals surface area contributed by atoms with Gasteiger partial charge in [-0.05, 0) is 37.0 Å². The summed E-state index contributed by atoms with van der Waals surface area (Å²) in [5, 5.41) is 9.33. The van der Waals surface area contributed by atoms with Gasteiger partial charge in [-0.1, -0.05) is 13.3 Å². The summed E-state index contributed by atoms with van der Waals surface area (Å²) in [5.74, 6) is 0.960. The normalized spacial score (nSPS) is 19.9. The highest BCUT2D eigenvalue weighted by Gasteiger charge is 2.32. The highest BCUT2D eigenvalue weighted by atomic mass is 32.2. The molecule has 6 heteroatoms. The van der Waals surface area contributed by atoms with Crippen LogP contribution in [0.4, 0.5) is 0 Å². The molecular weight excluding hydrogens is 290 g/mol. The number of benzene rings is 1. The fourth-order valence-electron chi connectivity index (χ4n) is 2.85. The number of aliphatic hydroxyl groups excluding tert-OH is 1. The van der Waals surface area contributed by atoms with Crippen LogP contribution in [0.2, 0.25) is 0 Å². The van der Waals surface area contributed by atoms with Crippen molar-refractivity contribution >= 4 is 10.0 Å². The van der Waals surface area contributed by atoms with Gasteiger partial charge in [0.05, 0.1) is 18.6 Å². The Bertz CT molecular complexity index is 585. The Hall–Kier alpha value is -1.11. The van der Waals surface area contributed by atoms with Gasteiger partial charge in [0.2, 0.25) is 10.0 Å². The number of sulfonamides is 1. The summed E-state index contributed by atoms with van der Waals surface area (Å²) in [5.41, 5.74) is 0.489. The topological polar surface area (TPSA) is 66.8 Å². The minimum atomic E-state index is -3.48. The minimum Gasteiger partial charge on any atom is -0.496 e. The molecule has 0 amide bonds. The number of hydrogen-bond acceptors (Lipinski definition) is 4. The zero-order chi connectivity index (χ0) is 15.5. The van der Waals surface area contributed by atoms with E-state index in [1.807, 2.05) is 0 Å². The molecule has 1 fully saturated rings. The fourth-order valence-corrected chi connectivity index (χ4v) is 4.43. The Balaban J connectivity index is 2.24. The zero-order valence-corrected chi connectivity index (χ0v) is 13.4. The van der Waals surface area contributed by atoms with Crippen LogP contribution in [0.3, 0.4) is 0 Å². The standard InChI is InChI=1S/C15H23NO4S/c1-3-4-12-7-8-16(10-12)21(18,19)14-5-6-15(20-2)13(9-14)11-17/h5-6,9,12,17H,3-4,7-8,10-11H2,1-2H3. The van der Waals surface area contributed by atoms with Crippen LogP contribution in [-0.4, -0.2) is 38.0 Å². The molecule has 0 aliphatic carbocycles. The van der Waals surface area contributed by atoms with Crippen molar-refractivity contribution in [2.24, 2.45) is 5.92 Å². The quantitative estimate of drug-likeness (QED) is 0.872. The first-order valence-corrected chi connectivity index (χ1v) is 8.74. The van der Waals surface area contributed by atoms with E-state index < -0.39 is 10.0 Å². The van der Waals surface area contributed by atoms with Crippen molar-refractivity contribution < 1.29 is 18.3 Å². The maximum absolute atomic E-state index is 12.7. The Kier molecular flexibility index (Phi) is 5.24. The van der Waals surface area contributed by atoms with Crippen molar-refractivity contribution in [2.45, 2.75) is 37.7 Å². The van der Waals surface area contributed by atoms with Crippen molar-refractivity contribution in [3.05, 3.63) is 23.8 Å². The molecule has 0 bridgehead atoms. The van der Waals surface area contributed by atoms with Gasteiger partial charge < -0.3 is 9.84 Å². The first-order valence-electron chi connectivity index (χ1n) is 7.30. The van der Waals surface area contributed by atoms with Gasteiger partial charge >= 0.3 is 0 Å². The maximum Gasteiger partial charge on any atom is 0.243 e. The maximum atomic E-state index is 12.7. The first kappa shape index (κ1) is 16.3. The summed E-state index contributed by atoms with van der Waals surface area (Å²) in [7, 11) is -1.98. The summed E-state index contributed by atoms with van der Waals surface area (Å²) in [4.78, 5) is 0.226. The molecule has 21 heavy (non-hydrogen) atoms. The van der Waals surface area contributed by atoms with E-state index in [9.17, 15) is 13.5 Å². The zero-order valence-electron chi connectivity index (χ0n) is 12.6. The molecule has 0 radical (unpaired) electrons. The second-order valence-corrected chi connectivity index (χ2v) is 7.38. The molecule has 0 spiro atoms. The van der Waals surface area contributed by atoms with E-state index in [1.54, 1.807) is 16.4 Å². The van der Waals surface area contributed by atoms with E-state index in [0.717, 1.165) is 19.3 Å². The van der Waals surface area contributed by atoms with Gasteiger partial charge in [0, 0.05) is 18.7 Å². The average molecular weight is 313 g/mol. The molecule has 1 aliphatic rings. The second kappa shape index (κ2) is 6.77. The Morgan fingerprint density at radius 1 is 1.43 bits per heavy atom. The van der Waals surface area contributed by atoms with Crippen LogP contribution in [-0.2, 0) is 16.6 Å². The largest absolute Gasteiger partial charge is 0.496 e. The average Bonchev–Trinajstić information content (AvgIpc) is 2.96. The number of hydrogen-bond donors (Lipinski definition) is 1. The van der Waals surface area contributed by atoms with Crippen LogP contribution in [0, 0.1) is 5.92 Å². The molecule has 1 saturated heterocycles. The van der Waals surface area contributed by atoms with Crippen LogP contribution in [0.25, 0.3) is 0 Å². The van der Waals surface area contributed by atoms with E-state index in [1.165, 1.54) is 13.2 Å². The van der Waals surface area contributed by atoms with E-state index in [-0.39, 0.29) is 11.5 Å². The van der Waals surface area contributed by atoms with Gasteiger partial charge in [0.25, 0.3) is 0 Å². The minimum absolute atomic E-state index is 0.226. The second-order valence-electron chi connectivity index (χ2n) is 5.44. The van der Waals surface area contributed by atoms with Gasteiger partial charge in [-0.15, -0.1) is 0 Å². The van der Waals surface area contributed by atoms with Crippen LogP contribution in [0.15, 0.2) is 23.1 Å². The third-order valence-electron chi connectivity index (χ3n) is 4.01. The van der Waals surface area contributed by atoms with Crippen molar-refractivity contribution in [3.63, 3.8) is 0 Å². The monoisotopic (exact) mass is 313 g/mol. The Morgan fingerprint density at radius 2 is 2.19 bits per heavy atom. The molecule has 5 nitrogen and oxygen atoms in total. The van der Waals surface area contributed by atoms with E-state index in [2.05, 4.69) is 6.92 Å². The number of nitrogens with zero attached hydrogens (tertiary/aromatic N) is 1. The molecule has 2 rings (SSSR count). The lowest BCUT2D eigenvalue weighted by Crippen LogP contribution is -2.29. The fraction of sp³-hybridized carbons (Fsp3) is 0.600. The lowest BCUT2D eigenvalue weighted by molar-refractivity contribution is 0.273. The molecule has 0 saturated carbocycles. The molecule has 1 aromatic rings. The van der Waals surface area contributed by atoms with Gasteiger partial charge in [-0.2, -0.15) is 4.31 Å². The van der Waals surface area contributed by atoms with Crippen molar-refractivity contribution in [2.75, 3.05) is 20.2 Å². The predicted octanol–water partition coefficient (Wildman–Crippen LogP) is 2.00. The van der Waals surface area contributed by atoms with Gasteiger partial charge in [0.15, 0.2) is 0 Å². The van der Waals surface area contributed by atoms with Crippen molar-refractivity contribution in [3.8, 4) is 5.75 Å². The third-order valence-corrected chi connectivity index (χ3v) is 5.87. The molecule has 0 aromatic heterocycles. The summed E-state index contributed by atoms with van der Waals surface area (Å²) in [6, 6.07) is 4.64. The van der Waals surface area contributed by atoms with Gasteiger partial charge in [0.1, 0.15) is 5.75 Å². The number of rotatable bonds is 6. The number of ether oxygens (including phenoxy) is 1. The molecule has 1 aromatic carbocycles. The lowest BCUT2D eigenvalue weighted by Gasteiger charge is -2.17. The molecule has 1 heterocycles. The Labute approximate surface area is 126 Å².